The van der Waals surface area contributed by atoms with Gasteiger partial charge in [-0.05, 0) is 120 Å². The molecule has 1 spiro atoms. The van der Waals surface area contributed by atoms with E-state index in [1.54, 1.807) is 18.7 Å². The first kappa shape index (κ1) is 80.6. The predicted octanol–water partition coefficient (Wildman–Crippen LogP) is 5.46. The topological polar surface area (TPSA) is 270 Å². The average molecular weight is 1430 g/mol. The summed E-state index contributed by atoms with van der Waals surface area (Å²) in [6.07, 6.45) is 13.0. The molecule has 28 heteroatoms. The molecule has 3 aliphatic heterocycles. The molecule has 3 N–H and O–H groups in total. The molecule has 3 heterocycles. The summed E-state index contributed by atoms with van der Waals surface area (Å²) < 4.78 is 42.0. The molecular formula is C72H112ClF3N12O12. The summed E-state index contributed by atoms with van der Waals surface area (Å²) in [5, 5.41) is 7.51. The Morgan fingerprint density at radius 3 is 1.82 bits per heavy atom. The number of amides is 12. The highest BCUT2D eigenvalue weighted by molar-refractivity contribution is 6.21. The lowest BCUT2D eigenvalue weighted by Crippen LogP contribution is -2.65. The standard InChI is InChI=1S/C72H112ClF3N12O12/c1-11-25-53-63(93)78-61(46(3)12-2)68(98)82(6)44-59(91)80(4)45-60(92)84(8)55(41-47-26-16-13-17-27-47)66(96)81(5)43-57(89)77-52(34-32-48-31-33-50(51(73)40-48)72(74,75)76)65(95)88-39-24-30-54(88)64(94)79-71(35-20-21-36-71)70(100)86(10)62(49-28-18-14-19-29-49)69(99)85(9)56(42-58(90)83(53)7)67(97)87-37-22-15-23-38-87/h1,46-56,61-62H,12-45H2,2-10H3,(H,77,89)(H,78,93)(H,79,94)/t46-,48?,50?,51?,52-,53-,54-,55-,56-,61-,62-/m0/s1. The van der Waals surface area contributed by atoms with Gasteiger partial charge in [-0.2, -0.15) is 13.2 Å². The molecular weight excluding hydrogens is 1320 g/mol. The van der Waals surface area contributed by atoms with Gasteiger partial charge in [0.1, 0.15) is 47.8 Å². The van der Waals surface area contributed by atoms with Gasteiger partial charge in [0.2, 0.25) is 70.9 Å². The van der Waals surface area contributed by atoms with Crippen LogP contribution in [0.5, 0.6) is 0 Å². The summed E-state index contributed by atoms with van der Waals surface area (Å²) in [5.74, 6) is -8.36. The largest absolute Gasteiger partial charge is 0.393 e. The van der Waals surface area contributed by atoms with Gasteiger partial charge in [-0.15, -0.1) is 23.9 Å². The minimum absolute atomic E-state index is 0.00170. The number of carbonyl (C=O) groups excluding carboxylic acids is 12. The monoisotopic (exact) mass is 1430 g/mol. The second-order valence-electron chi connectivity index (χ2n) is 30.0. The van der Waals surface area contributed by atoms with E-state index in [1.807, 2.05) is 0 Å². The Morgan fingerprint density at radius 1 is 0.610 bits per heavy atom. The fourth-order valence-corrected chi connectivity index (χ4v) is 17.0. The number of hydrogen-bond acceptors (Lipinski definition) is 12. The van der Waals surface area contributed by atoms with Gasteiger partial charge in [-0.3, -0.25) is 57.5 Å². The Labute approximate surface area is 594 Å². The van der Waals surface area contributed by atoms with Crippen LogP contribution >= 0.6 is 11.6 Å². The highest BCUT2D eigenvalue weighted by Crippen LogP contribution is 2.44. The normalized spacial score (nSPS) is 30.0. The number of halogens is 4. The van der Waals surface area contributed by atoms with E-state index < -0.39 is 174 Å². The number of hydrogen-bond donors (Lipinski definition) is 3. The Kier molecular flexibility index (Phi) is 29.4. The Hall–Kier alpha value is -6.72. The molecule has 7 aliphatic rings. The number of likely N-dealkylation sites (tertiary alicyclic amines) is 1. The molecule has 0 aromatic carbocycles. The first-order chi connectivity index (χ1) is 47.3. The predicted molar refractivity (Wildman–Crippen MR) is 369 cm³/mol. The smallest absolute Gasteiger partial charge is 0.343 e. The van der Waals surface area contributed by atoms with Crippen molar-refractivity contribution < 1.29 is 70.7 Å². The van der Waals surface area contributed by atoms with Gasteiger partial charge in [0, 0.05) is 80.8 Å². The Balaban J connectivity index is 1.27. The number of terminal acetylenes is 1. The maximum absolute atomic E-state index is 15.8. The van der Waals surface area contributed by atoms with Crippen molar-refractivity contribution in [3.8, 4) is 12.3 Å². The van der Waals surface area contributed by atoms with Crippen LogP contribution in [0.1, 0.15) is 194 Å². The lowest BCUT2D eigenvalue weighted by molar-refractivity contribution is -0.182. The van der Waals surface area contributed by atoms with Crippen LogP contribution < -0.4 is 16.0 Å². The van der Waals surface area contributed by atoms with Crippen molar-refractivity contribution in [3.05, 3.63) is 0 Å². The quantitative estimate of drug-likeness (QED) is 0.182. The summed E-state index contributed by atoms with van der Waals surface area (Å²) in [6.45, 7) is 2.65. The average Bonchev–Trinajstić information content (AvgIpc) is 1.37. The van der Waals surface area contributed by atoms with Crippen LogP contribution in [-0.2, 0) is 57.5 Å². The van der Waals surface area contributed by atoms with E-state index in [1.165, 1.54) is 68.9 Å². The fraction of sp³-hybridized carbons (Fsp3) is 0.806. The minimum Gasteiger partial charge on any atom is -0.343 e. The number of likely N-dealkylation sites (N-methyl/N-ethyl adjacent to an activating group) is 7. The lowest BCUT2D eigenvalue weighted by Gasteiger charge is -2.43. The van der Waals surface area contributed by atoms with E-state index >= 15 is 24.0 Å². The van der Waals surface area contributed by atoms with Crippen molar-refractivity contribution in [1.29, 1.82) is 0 Å². The molecule has 24 nitrogen and oxygen atoms in total. The van der Waals surface area contributed by atoms with E-state index in [-0.39, 0.29) is 82.6 Å². The molecule has 0 aromatic heterocycles. The van der Waals surface area contributed by atoms with Crippen molar-refractivity contribution in [2.75, 3.05) is 88.6 Å². The number of fused-ring (bicyclic) bond motifs is 1. The van der Waals surface area contributed by atoms with Crippen molar-refractivity contribution >= 4 is 82.5 Å². The molecule has 0 aromatic rings. The molecule has 4 saturated carbocycles. The third-order valence-electron chi connectivity index (χ3n) is 23.1. The SMILES string of the molecule is C#CC[C@H]1C(=O)N[C@@H]([C@@H](C)CC)C(=O)N(C)CC(=O)N(C)CC(=O)N(C)[C@@H](CC2CCCCC2)C(=O)N(C)CC(=O)N[C@@H](CCC2CCC(C(F)(F)F)C(Cl)C2)C(=O)N2CCC[C@H]2C(=O)NC2(CCCC2)C(=O)N(C)[C@@H](C2CCCCC2)C(=O)N(C)[C@H](C(=O)N2CCCCC2)CC(=O)N1C. The van der Waals surface area contributed by atoms with Gasteiger partial charge in [0.05, 0.1) is 32.0 Å². The van der Waals surface area contributed by atoms with Crippen LogP contribution in [0.2, 0.25) is 0 Å². The highest BCUT2D eigenvalue weighted by atomic mass is 35.5. The second kappa shape index (κ2) is 36.4. The van der Waals surface area contributed by atoms with Gasteiger partial charge in [-0.1, -0.05) is 84.5 Å². The summed E-state index contributed by atoms with van der Waals surface area (Å²) in [6, 6.07) is -8.88. The van der Waals surface area contributed by atoms with Crippen LogP contribution in [0.15, 0.2) is 0 Å². The van der Waals surface area contributed by atoms with Gasteiger partial charge in [-0.25, -0.2) is 0 Å². The number of nitrogens with zero attached hydrogens (tertiary/aromatic N) is 9. The summed E-state index contributed by atoms with van der Waals surface area (Å²) in [4.78, 5) is 190. The van der Waals surface area contributed by atoms with Crippen molar-refractivity contribution in [2.45, 2.75) is 253 Å². The summed E-state index contributed by atoms with van der Waals surface area (Å²) in [5.41, 5.74) is -1.56. The number of nitrogens with one attached hydrogen (secondary N) is 3. The molecule has 0 radical (unpaired) electrons. The molecule has 12 amide bonds. The summed E-state index contributed by atoms with van der Waals surface area (Å²) >= 11 is 6.40. The Morgan fingerprint density at radius 2 is 1.21 bits per heavy atom. The molecule has 560 valence electrons. The van der Waals surface area contributed by atoms with Crippen LogP contribution in [0, 0.1) is 41.9 Å². The van der Waals surface area contributed by atoms with Crippen LogP contribution in [0.4, 0.5) is 13.2 Å². The van der Waals surface area contributed by atoms with Gasteiger partial charge < -0.3 is 60.0 Å². The zero-order chi connectivity index (χ0) is 73.5. The van der Waals surface area contributed by atoms with Gasteiger partial charge >= 0.3 is 6.18 Å². The molecule has 4 aliphatic carbocycles. The van der Waals surface area contributed by atoms with E-state index in [0.29, 0.717) is 64.5 Å². The second-order valence-corrected chi connectivity index (χ2v) is 30.6. The fourth-order valence-electron chi connectivity index (χ4n) is 16.5. The van der Waals surface area contributed by atoms with Crippen molar-refractivity contribution in [2.24, 2.45) is 29.6 Å². The summed E-state index contributed by atoms with van der Waals surface area (Å²) in [7, 11) is 9.88. The molecule has 3 saturated heterocycles. The lowest BCUT2D eigenvalue weighted by atomic mass is 9.78. The first-order valence-corrected chi connectivity index (χ1v) is 37.2. The first-order valence-electron chi connectivity index (χ1n) is 36.8. The van der Waals surface area contributed by atoms with Gasteiger partial charge in [0.15, 0.2) is 0 Å². The highest BCUT2D eigenvalue weighted by Gasteiger charge is 2.52. The van der Waals surface area contributed by atoms with Gasteiger partial charge in [0.25, 0.3) is 0 Å². The third kappa shape index (κ3) is 20.1. The molecule has 11 atom stereocenters. The molecule has 7 rings (SSSR count). The van der Waals surface area contributed by atoms with Crippen molar-refractivity contribution in [1.82, 2.24) is 60.0 Å². The molecule has 3 unspecified atom stereocenters. The van der Waals surface area contributed by atoms with E-state index in [4.69, 9.17) is 18.0 Å². The zero-order valence-corrected chi connectivity index (χ0v) is 61.3. The number of alkyl halides is 4. The molecule has 0 bridgehead atoms. The van der Waals surface area contributed by atoms with Crippen LogP contribution in [0.25, 0.3) is 0 Å². The molecule has 100 heavy (non-hydrogen) atoms. The van der Waals surface area contributed by atoms with Crippen molar-refractivity contribution in [3.63, 3.8) is 0 Å². The number of rotatable bonds is 10. The maximum atomic E-state index is 15.8. The minimum atomic E-state index is -4.51. The zero-order valence-electron chi connectivity index (χ0n) is 60.6. The number of carbonyl (C=O) groups is 12. The van der Waals surface area contributed by atoms with E-state index in [0.717, 1.165) is 77.4 Å². The molecule has 7 fully saturated rings. The number of piperidine rings is 1. The van der Waals surface area contributed by atoms with E-state index in [9.17, 15) is 46.7 Å². The van der Waals surface area contributed by atoms with Crippen LogP contribution in [0.3, 0.4) is 0 Å². The maximum Gasteiger partial charge on any atom is 0.393 e. The Bertz CT molecular complexity index is 2970. The van der Waals surface area contributed by atoms with E-state index in [2.05, 4.69) is 21.9 Å². The van der Waals surface area contributed by atoms with Crippen LogP contribution in [-0.4, -0.2) is 263 Å². The third-order valence-corrected chi connectivity index (χ3v) is 23.6.